The molecule has 0 saturated carbocycles. The molecule has 0 radical (unpaired) electrons. The van der Waals surface area contributed by atoms with Gasteiger partial charge in [0.1, 0.15) is 12.6 Å². The van der Waals surface area contributed by atoms with Gasteiger partial charge in [-0.3, -0.25) is 4.79 Å². The van der Waals surface area contributed by atoms with Crippen molar-refractivity contribution >= 4 is 18.0 Å². The lowest BCUT2D eigenvalue weighted by Crippen LogP contribution is -2.48. The van der Waals surface area contributed by atoms with Crippen molar-refractivity contribution in [3.8, 4) is 11.1 Å². The Hall–Kier alpha value is -4.33. The van der Waals surface area contributed by atoms with Crippen LogP contribution in [0.15, 0.2) is 78.5 Å². The Kier molecular flexibility index (Phi) is 7.30. The minimum atomic E-state index is -1.06. The first-order chi connectivity index (χ1) is 16.9. The van der Waals surface area contributed by atoms with Crippen molar-refractivity contribution < 1.29 is 24.2 Å². The molecule has 3 aromatic rings. The Labute approximate surface area is 203 Å². The van der Waals surface area contributed by atoms with Crippen molar-refractivity contribution in [3.63, 3.8) is 0 Å². The summed E-state index contributed by atoms with van der Waals surface area (Å²) in [7, 11) is 0. The summed E-state index contributed by atoms with van der Waals surface area (Å²) in [5.41, 5.74) is 5.35. The van der Waals surface area contributed by atoms with E-state index in [1.54, 1.807) is 12.3 Å². The number of alkyl carbamates (subject to hydrolysis) is 1. The topological polar surface area (TPSA) is 121 Å². The number of benzene rings is 2. The molecule has 8 heteroatoms. The van der Waals surface area contributed by atoms with Gasteiger partial charge in [0.2, 0.25) is 5.91 Å². The molecule has 1 aliphatic carbocycles. The van der Waals surface area contributed by atoms with Crippen LogP contribution in [0.1, 0.15) is 29.7 Å². The fraction of sp³-hybridized carbons (Fsp3) is 0.222. The van der Waals surface area contributed by atoms with Crippen LogP contribution in [0.25, 0.3) is 11.1 Å². The van der Waals surface area contributed by atoms with Gasteiger partial charge in [0.15, 0.2) is 0 Å². The lowest BCUT2D eigenvalue weighted by molar-refractivity contribution is -0.132. The predicted molar refractivity (Wildman–Crippen MR) is 131 cm³/mol. The molecule has 4 N–H and O–H groups in total. The first-order valence-electron chi connectivity index (χ1n) is 11.4. The molecule has 0 spiro atoms. The monoisotopic (exact) mass is 473 g/mol. The fourth-order valence-electron chi connectivity index (χ4n) is 4.22. The number of H-pyrrole nitrogens is 1. The van der Waals surface area contributed by atoms with E-state index in [-0.39, 0.29) is 31.1 Å². The maximum atomic E-state index is 12.8. The van der Waals surface area contributed by atoms with Crippen LogP contribution in [-0.2, 0) is 20.7 Å². The zero-order valence-corrected chi connectivity index (χ0v) is 19.3. The number of ether oxygens (including phenoxy) is 1. The van der Waals surface area contributed by atoms with Crippen LogP contribution in [0.5, 0.6) is 0 Å². The van der Waals surface area contributed by atoms with E-state index in [9.17, 15) is 14.4 Å². The summed E-state index contributed by atoms with van der Waals surface area (Å²) in [6.45, 7) is 1.61. The fourth-order valence-corrected chi connectivity index (χ4v) is 4.22. The summed E-state index contributed by atoms with van der Waals surface area (Å²) in [6, 6.07) is 18.8. The van der Waals surface area contributed by atoms with Gasteiger partial charge >= 0.3 is 12.1 Å². The highest BCUT2D eigenvalue weighted by atomic mass is 16.5. The summed E-state index contributed by atoms with van der Waals surface area (Å²) in [6.07, 6.45) is 2.66. The number of aromatic nitrogens is 1. The third-order valence-corrected chi connectivity index (χ3v) is 6.06. The van der Waals surface area contributed by atoms with Gasteiger partial charge in [0.25, 0.3) is 0 Å². The van der Waals surface area contributed by atoms with E-state index >= 15 is 0 Å². The summed E-state index contributed by atoms with van der Waals surface area (Å²) in [4.78, 5) is 39.5. The van der Waals surface area contributed by atoms with E-state index in [0.29, 0.717) is 0 Å². The molecule has 1 atom stereocenters. The number of carbonyl (C=O) groups excluding carboxylic acids is 2. The van der Waals surface area contributed by atoms with Crippen molar-refractivity contribution in [2.45, 2.75) is 25.3 Å². The molecule has 0 aliphatic heterocycles. The molecule has 0 bridgehead atoms. The highest BCUT2D eigenvalue weighted by Crippen LogP contribution is 2.44. The highest BCUT2D eigenvalue weighted by Gasteiger charge is 2.30. The lowest BCUT2D eigenvalue weighted by atomic mass is 9.98. The van der Waals surface area contributed by atoms with Crippen LogP contribution in [0.2, 0.25) is 0 Å². The molecule has 35 heavy (non-hydrogen) atoms. The number of hydrogen-bond donors (Lipinski definition) is 4. The van der Waals surface area contributed by atoms with Crippen molar-refractivity contribution in [2.24, 2.45) is 0 Å². The average Bonchev–Trinajstić information content (AvgIpc) is 3.48. The molecule has 1 aliphatic rings. The number of carboxylic acids is 1. The van der Waals surface area contributed by atoms with Gasteiger partial charge < -0.3 is 25.5 Å². The molecule has 1 unspecified atom stereocenters. The Morgan fingerprint density at radius 1 is 1.03 bits per heavy atom. The minimum absolute atomic E-state index is 0.0323. The number of aliphatic carboxylic acids is 1. The van der Waals surface area contributed by atoms with E-state index < -0.39 is 24.0 Å². The van der Waals surface area contributed by atoms with Gasteiger partial charge in [0.05, 0.1) is 0 Å². The summed E-state index contributed by atoms with van der Waals surface area (Å²) < 4.78 is 5.58. The lowest BCUT2D eigenvalue weighted by Gasteiger charge is -2.19. The zero-order valence-electron chi connectivity index (χ0n) is 19.3. The molecule has 2 aromatic carbocycles. The quantitative estimate of drug-likeness (QED) is 0.354. The molecule has 2 amide bonds. The van der Waals surface area contributed by atoms with Crippen LogP contribution in [0, 0.1) is 0 Å². The molecule has 0 fully saturated rings. The number of aromatic amines is 1. The molecule has 180 valence electrons. The highest BCUT2D eigenvalue weighted by molar-refractivity contribution is 5.87. The van der Waals surface area contributed by atoms with Crippen LogP contribution in [0.3, 0.4) is 0 Å². The average molecular weight is 474 g/mol. The number of fused-ring (bicyclic) bond motifs is 3. The van der Waals surface area contributed by atoms with Gasteiger partial charge in [-0.05, 0) is 41.3 Å². The third-order valence-electron chi connectivity index (χ3n) is 6.06. The second-order valence-electron chi connectivity index (χ2n) is 8.36. The van der Waals surface area contributed by atoms with Crippen LogP contribution in [-0.4, -0.2) is 47.3 Å². The maximum absolute atomic E-state index is 12.8. The van der Waals surface area contributed by atoms with Crippen molar-refractivity contribution in [1.29, 1.82) is 0 Å². The number of amides is 2. The Morgan fingerprint density at radius 3 is 2.29 bits per heavy atom. The van der Waals surface area contributed by atoms with Gasteiger partial charge in [-0.1, -0.05) is 54.6 Å². The Bertz CT molecular complexity index is 1200. The van der Waals surface area contributed by atoms with Crippen molar-refractivity contribution in [3.05, 3.63) is 95.3 Å². The van der Waals surface area contributed by atoms with Crippen molar-refractivity contribution in [2.75, 3.05) is 13.2 Å². The smallest absolute Gasteiger partial charge is 0.407 e. The Morgan fingerprint density at radius 2 is 1.69 bits per heavy atom. The second kappa shape index (κ2) is 10.7. The predicted octanol–water partition coefficient (Wildman–Crippen LogP) is 3.61. The van der Waals surface area contributed by atoms with Crippen LogP contribution >= 0.6 is 0 Å². The number of hydrogen-bond acceptors (Lipinski definition) is 4. The summed E-state index contributed by atoms with van der Waals surface area (Å²) >= 11 is 0. The van der Waals surface area contributed by atoms with Crippen LogP contribution < -0.4 is 10.6 Å². The Balaban J connectivity index is 1.41. The number of carbonyl (C=O) groups is 3. The first-order valence-corrected chi connectivity index (χ1v) is 11.4. The summed E-state index contributed by atoms with van der Waals surface area (Å²) in [5, 5.41) is 14.3. The van der Waals surface area contributed by atoms with Gasteiger partial charge in [0, 0.05) is 36.3 Å². The largest absolute Gasteiger partial charge is 0.478 e. The number of nitrogens with one attached hydrogen (secondary N) is 3. The molecular weight excluding hydrogens is 446 g/mol. The molecule has 1 heterocycles. The van der Waals surface area contributed by atoms with Gasteiger partial charge in [-0.15, -0.1) is 0 Å². The van der Waals surface area contributed by atoms with E-state index in [2.05, 4.69) is 27.8 Å². The van der Waals surface area contributed by atoms with Gasteiger partial charge in [-0.2, -0.15) is 0 Å². The molecule has 4 rings (SSSR count). The van der Waals surface area contributed by atoms with E-state index in [4.69, 9.17) is 9.84 Å². The van der Waals surface area contributed by atoms with Crippen LogP contribution in [0.4, 0.5) is 4.79 Å². The standard InChI is InChI=1S/C27H27N3O5/c1-17(26(32)33)12-14-29-25(31)24(15-18-7-6-13-28-18)30-27(34)35-16-23-21-10-4-2-8-19(21)20-9-3-5-11-22(20)23/h2-13,23-24,28H,14-16H2,1H3,(H,29,31)(H,30,34)(H,32,33)/b17-12-. The molecule has 1 aromatic heterocycles. The maximum Gasteiger partial charge on any atom is 0.407 e. The SMILES string of the molecule is C/C(=C/CNC(=O)C(Cc1ccc[nH]1)NC(=O)OCC1c2ccccc2-c2ccccc21)C(=O)O. The summed E-state index contributed by atoms with van der Waals surface area (Å²) in [5.74, 6) is -1.59. The molecular formula is C27H27N3O5. The van der Waals surface area contributed by atoms with E-state index in [0.717, 1.165) is 27.9 Å². The molecule has 0 saturated heterocycles. The normalized spacial score (nSPS) is 13.5. The number of carboxylic acid groups (broad SMARTS) is 1. The third kappa shape index (κ3) is 5.60. The number of rotatable bonds is 9. The second-order valence-corrected chi connectivity index (χ2v) is 8.36. The first kappa shape index (κ1) is 23.8. The zero-order chi connectivity index (χ0) is 24.8. The van der Waals surface area contributed by atoms with E-state index in [1.807, 2.05) is 42.5 Å². The van der Waals surface area contributed by atoms with Crippen molar-refractivity contribution in [1.82, 2.24) is 15.6 Å². The minimum Gasteiger partial charge on any atom is -0.478 e. The van der Waals surface area contributed by atoms with E-state index in [1.165, 1.54) is 13.0 Å². The molecule has 8 nitrogen and oxygen atoms in total. The van der Waals surface area contributed by atoms with Gasteiger partial charge in [-0.25, -0.2) is 9.59 Å².